The SMILES string of the molecule is Cc1ccnc(NC2CCN(c3ncccc3F)C2)n1. The molecule has 3 rings (SSSR count). The van der Waals surface area contributed by atoms with Crippen molar-refractivity contribution in [2.24, 2.45) is 0 Å². The number of anilines is 2. The Labute approximate surface area is 116 Å². The van der Waals surface area contributed by atoms with Crippen molar-refractivity contribution in [1.29, 1.82) is 0 Å². The van der Waals surface area contributed by atoms with E-state index >= 15 is 0 Å². The number of hydrogen-bond acceptors (Lipinski definition) is 5. The highest BCUT2D eigenvalue weighted by Gasteiger charge is 2.25. The average Bonchev–Trinajstić information content (AvgIpc) is 2.87. The van der Waals surface area contributed by atoms with E-state index in [1.54, 1.807) is 18.5 Å². The van der Waals surface area contributed by atoms with Gasteiger partial charge >= 0.3 is 0 Å². The van der Waals surface area contributed by atoms with Crippen LogP contribution in [0.2, 0.25) is 0 Å². The van der Waals surface area contributed by atoms with Crippen molar-refractivity contribution in [3.8, 4) is 0 Å². The van der Waals surface area contributed by atoms with Crippen LogP contribution < -0.4 is 10.2 Å². The molecule has 2 aromatic heterocycles. The Hall–Kier alpha value is -2.24. The molecule has 5 nitrogen and oxygen atoms in total. The van der Waals surface area contributed by atoms with Crippen molar-refractivity contribution in [2.45, 2.75) is 19.4 Å². The van der Waals surface area contributed by atoms with Gasteiger partial charge in [-0.3, -0.25) is 0 Å². The molecule has 0 aromatic carbocycles. The molecule has 20 heavy (non-hydrogen) atoms. The van der Waals surface area contributed by atoms with Gasteiger partial charge in [-0.2, -0.15) is 0 Å². The molecule has 1 N–H and O–H groups in total. The fraction of sp³-hybridized carbons (Fsp3) is 0.357. The number of hydrogen-bond donors (Lipinski definition) is 1. The number of nitrogens with one attached hydrogen (secondary N) is 1. The average molecular weight is 273 g/mol. The summed E-state index contributed by atoms with van der Waals surface area (Å²) < 4.78 is 13.7. The van der Waals surface area contributed by atoms with Gasteiger partial charge in [0, 0.05) is 37.2 Å². The maximum absolute atomic E-state index is 13.7. The Morgan fingerprint density at radius 2 is 2.20 bits per heavy atom. The molecule has 1 atom stereocenters. The lowest BCUT2D eigenvalue weighted by Crippen LogP contribution is -2.27. The lowest BCUT2D eigenvalue weighted by molar-refractivity contribution is 0.615. The van der Waals surface area contributed by atoms with Crippen LogP contribution in [0.15, 0.2) is 30.6 Å². The Balaban J connectivity index is 1.67. The minimum Gasteiger partial charge on any atom is -0.352 e. The molecule has 0 aliphatic carbocycles. The van der Waals surface area contributed by atoms with Crippen LogP contribution in [-0.2, 0) is 0 Å². The quantitative estimate of drug-likeness (QED) is 0.927. The van der Waals surface area contributed by atoms with E-state index in [1.165, 1.54) is 6.07 Å². The first-order chi connectivity index (χ1) is 9.72. The van der Waals surface area contributed by atoms with Crippen LogP contribution in [0, 0.1) is 12.7 Å². The molecular weight excluding hydrogens is 257 g/mol. The third-order valence-electron chi connectivity index (χ3n) is 3.35. The molecule has 0 radical (unpaired) electrons. The highest BCUT2D eigenvalue weighted by Crippen LogP contribution is 2.22. The monoisotopic (exact) mass is 273 g/mol. The largest absolute Gasteiger partial charge is 0.352 e. The second kappa shape index (κ2) is 5.40. The molecule has 0 bridgehead atoms. The molecule has 0 saturated carbocycles. The van der Waals surface area contributed by atoms with Crippen LogP contribution in [0.3, 0.4) is 0 Å². The van der Waals surface area contributed by atoms with Gasteiger partial charge in [0.15, 0.2) is 11.6 Å². The molecule has 1 aliphatic rings. The summed E-state index contributed by atoms with van der Waals surface area (Å²) in [6.07, 6.45) is 4.26. The summed E-state index contributed by atoms with van der Waals surface area (Å²) in [7, 11) is 0. The van der Waals surface area contributed by atoms with Crippen molar-refractivity contribution in [1.82, 2.24) is 15.0 Å². The smallest absolute Gasteiger partial charge is 0.223 e. The third kappa shape index (κ3) is 2.68. The number of nitrogens with zero attached hydrogens (tertiary/aromatic N) is 4. The maximum Gasteiger partial charge on any atom is 0.223 e. The van der Waals surface area contributed by atoms with E-state index in [0.717, 1.165) is 18.7 Å². The lowest BCUT2D eigenvalue weighted by atomic mass is 10.3. The fourth-order valence-corrected chi connectivity index (χ4v) is 2.38. The molecule has 2 aromatic rings. The first-order valence-corrected chi connectivity index (χ1v) is 6.64. The van der Waals surface area contributed by atoms with Crippen LogP contribution in [0.4, 0.5) is 16.2 Å². The topological polar surface area (TPSA) is 53.9 Å². The van der Waals surface area contributed by atoms with Gasteiger partial charge in [-0.15, -0.1) is 0 Å². The first kappa shape index (κ1) is 12.8. The van der Waals surface area contributed by atoms with Crippen LogP contribution in [0.25, 0.3) is 0 Å². The molecule has 1 saturated heterocycles. The van der Waals surface area contributed by atoms with Gasteiger partial charge in [-0.05, 0) is 31.5 Å². The van der Waals surface area contributed by atoms with E-state index in [4.69, 9.17) is 0 Å². The maximum atomic E-state index is 13.7. The first-order valence-electron chi connectivity index (χ1n) is 6.64. The Morgan fingerprint density at radius 3 is 3.00 bits per heavy atom. The number of aryl methyl sites for hydroxylation is 1. The normalized spacial score (nSPS) is 18.3. The van der Waals surface area contributed by atoms with E-state index in [-0.39, 0.29) is 11.9 Å². The minimum atomic E-state index is -0.278. The molecule has 0 amide bonds. The Kier molecular flexibility index (Phi) is 3.45. The zero-order chi connectivity index (χ0) is 13.9. The molecule has 1 fully saturated rings. The highest BCUT2D eigenvalue weighted by molar-refractivity contribution is 5.42. The third-order valence-corrected chi connectivity index (χ3v) is 3.35. The van der Waals surface area contributed by atoms with E-state index < -0.39 is 0 Å². The van der Waals surface area contributed by atoms with Crippen molar-refractivity contribution >= 4 is 11.8 Å². The van der Waals surface area contributed by atoms with E-state index in [2.05, 4.69) is 20.3 Å². The predicted octanol–water partition coefficient (Wildman–Crippen LogP) is 2.01. The number of rotatable bonds is 3. The Morgan fingerprint density at radius 1 is 1.30 bits per heavy atom. The van der Waals surface area contributed by atoms with Gasteiger partial charge in [-0.1, -0.05) is 0 Å². The molecule has 1 unspecified atom stereocenters. The van der Waals surface area contributed by atoms with Gasteiger partial charge < -0.3 is 10.2 Å². The standard InChI is InChI=1S/C14H16FN5/c1-10-4-7-17-14(18-10)19-11-5-8-20(9-11)13-12(15)3-2-6-16-13/h2-4,6-7,11H,5,8-9H2,1H3,(H,17,18,19). The van der Waals surface area contributed by atoms with Crippen LogP contribution in [0.1, 0.15) is 12.1 Å². The summed E-state index contributed by atoms with van der Waals surface area (Å²) in [5.74, 6) is 0.764. The summed E-state index contributed by atoms with van der Waals surface area (Å²) in [4.78, 5) is 14.6. The molecule has 6 heteroatoms. The van der Waals surface area contributed by atoms with Crippen molar-refractivity contribution in [2.75, 3.05) is 23.3 Å². The molecular formula is C14H16FN5. The van der Waals surface area contributed by atoms with Crippen LogP contribution >= 0.6 is 0 Å². The molecule has 104 valence electrons. The van der Waals surface area contributed by atoms with Gasteiger partial charge in [0.25, 0.3) is 0 Å². The summed E-state index contributed by atoms with van der Waals surface area (Å²) in [5.41, 5.74) is 0.924. The molecule has 3 heterocycles. The number of halogens is 1. The fourth-order valence-electron chi connectivity index (χ4n) is 2.38. The van der Waals surface area contributed by atoms with Crippen LogP contribution in [-0.4, -0.2) is 34.1 Å². The second-order valence-corrected chi connectivity index (χ2v) is 4.91. The highest BCUT2D eigenvalue weighted by atomic mass is 19.1. The number of aromatic nitrogens is 3. The van der Waals surface area contributed by atoms with Gasteiger partial charge in [-0.25, -0.2) is 19.3 Å². The zero-order valence-corrected chi connectivity index (χ0v) is 11.3. The van der Waals surface area contributed by atoms with Crippen molar-refractivity contribution in [3.63, 3.8) is 0 Å². The summed E-state index contributed by atoms with van der Waals surface area (Å²) >= 11 is 0. The predicted molar refractivity (Wildman–Crippen MR) is 75.2 cm³/mol. The van der Waals surface area contributed by atoms with E-state index in [0.29, 0.717) is 18.3 Å². The molecule has 0 spiro atoms. The summed E-state index contributed by atoms with van der Waals surface area (Å²) in [5, 5.41) is 3.29. The van der Waals surface area contributed by atoms with Crippen molar-refractivity contribution < 1.29 is 4.39 Å². The second-order valence-electron chi connectivity index (χ2n) is 4.91. The van der Waals surface area contributed by atoms with E-state index in [1.807, 2.05) is 17.9 Å². The zero-order valence-electron chi connectivity index (χ0n) is 11.3. The van der Waals surface area contributed by atoms with Crippen LogP contribution in [0.5, 0.6) is 0 Å². The molecule has 1 aliphatic heterocycles. The summed E-state index contributed by atoms with van der Waals surface area (Å²) in [6.45, 7) is 3.40. The summed E-state index contributed by atoms with van der Waals surface area (Å²) in [6, 6.07) is 5.10. The van der Waals surface area contributed by atoms with Gasteiger partial charge in [0.2, 0.25) is 5.95 Å². The number of pyridine rings is 1. The van der Waals surface area contributed by atoms with Gasteiger partial charge in [0.1, 0.15) is 0 Å². The van der Waals surface area contributed by atoms with Crippen molar-refractivity contribution in [3.05, 3.63) is 42.1 Å². The Bertz CT molecular complexity index is 604. The lowest BCUT2D eigenvalue weighted by Gasteiger charge is -2.18. The van der Waals surface area contributed by atoms with E-state index in [9.17, 15) is 4.39 Å². The minimum absolute atomic E-state index is 0.207. The van der Waals surface area contributed by atoms with Gasteiger partial charge in [0.05, 0.1) is 0 Å².